The molecule has 2 aromatic heterocycles. The Balaban J connectivity index is 1.62. The van der Waals surface area contributed by atoms with Crippen molar-refractivity contribution in [3.63, 3.8) is 0 Å². The summed E-state index contributed by atoms with van der Waals surface area (Å²) in [7, 11) is 3.93. The largest absolute Gasteiger partial charge is 0.461 e. The summed E-state index contributed by atoms with van der Waals surface area (Å²) in [5.74, 6) is 1.47. The van der Waals surface area contributed by atoms with Gasteiger partial charge in [0, 0.05) is 51.7 Å². The van der Waals surface area contributed by atoms with Crippen LogP contribution in [0.5, 0.6) is 0 Å². The summed E-state index contributed by atoms with van der Waals surface area (Å²) in [6.45, 7) is 5.50. The van der Waals surface area contributed by atoms with Gasteiger partial charge in [-0.05, 0) is 6.92 Å². The topological polar surface area (TPSA) is 74.7 Å². The third kappa shape index (κ3) is 3.98. The molecule has 3 heterocycles. The van der Waals surface area contributed by atoms with Crippen molar-refractivity contribution < 1.29 is 9.53 Å². The van der Waals surface area contributed by atoms with E-state index in [2.05, 4.69) is 24.8 Å². The number of hydrogen-bond donors (Lipinski definition) is 0. The highest BCUT2D eigenvalue weighted by molar-refractivity contribution is 7.13. The van der Waals surface area contributed by atoms with Gasteiger partial charge >= 0.3 is 5.97 Å². The van der Waals surface area contributed by atoms with Crippen LogP contribution < -0.4 is 14.7 Å². The maximum absolute atomic E-state index is 11.7. The molecule has 0 aliphatic carbocycles. The Morgan fingerprint density at radius 2 is 1.96 bits per heavy atom. The summed E-state index contributed by atoms with van der Waals surface area (Å²) in [6, 6.07) is 2.00. The van der Waals surface area contributed by atoms with Crippen LogP contribution in [0.1, 0.15) is 17.4 Å². The number of thiazole rings is 1. The van der Waals surface area contributed by atoms with Crippen molar-refractivity contribution in [1.82, 2.24) is 15.0 Å². The second-order valence-electron chi connectivity index (χ2n) is 5.84. The van der Waals surface area contributed by atoms with Crippen LogP contribution in [-0.4, -0.2) is 67.8 Å². The Bertz CT molecular complexity index is 727. The zero-order valence-electron chi connectivity index (χ0n) is 14.7. The van der Waals surface area contributed by atoms with E-state index in [1.807, 2.05) is 25.1 Å². The number of aromatic nitrogens is 3. The first-order chi connectivity index (χ1) is 12.1. The first kappa shape index (κ1) is 17.4. The van der Waals surface area contributed by atoms with E-state index in [0.29, 0.717) is 12.3 Å². The smallest absolute Gasteiger partial charge is 0.357 e. The maximum atomic E-state index is 11.7. The Morgan fingerprint density at radius 3 is 2.64 bits per heavy atom. The van der Waals surface area contributed by atoms with E-state index < -0.39 is 0 Å². The molecule has 0 spiro atoms. The van der Waals surface area contributed by atoms with Gasteiger partial charge in [0.25, 0.3) is 0 Å². The number of piperazine rings is 1. The monoisotopic (exact) mass is 362 g/mol. The lowest BCUT2D eigenvalue weighted by atomic mass is 10.3. The zero-order chi connectivity index (χ0) is 17.8. The molecule has 25 heavy (non-hydrogen) atoms. The fourth-order valence-electron chi connectivity index (χ4n) is 2.59. The summed E-state index contributed by atoms with van der Waals surface area (Å²) in [6.07, 6.45) is 1.60. The minimum Gasteiger partial charge on any atom is -0.461 e. The van der Waals surface area contributed by atoms with Gasteiger partial charge in [-0.2, -0.15) is 0 Å². The van der Waals surface area contributed by atoms with E-state index in [4.69, 9.17) is 4.74 Å². The van der Waals surface area contributed by atoms with Crippen LogP contribution in [0.15, 0.2) is 17.8 Å². The molecule has 0 unspecified atom stereocenters. The molecular formula is C16H22N6O2S. The first-order valence-electron chi connectivity index (χ1n) is 8.20. The molecule has 0 amide bonds. The SMILES string of the molecule is CCOC(=O)c1csc(N2CCN(c3cc(N(C)C)ncn3)CC2)n1. The van der Waals surface area contributed by atoms with E-state index in [9.17, 15) is 4.79 Å². The Hall–Kier alpha value is -2.42. The van der Waals surface area contributed by atoms with Gasteiger partial charge in [0.1, 0.15) is 18.0 Å². The molecule has 0 atom stereocenters. The standard InChI is InChI=1S/C16H22N6O2S/c1-4-24-15(23)12-10-25-16(19-12)22-7-5-21(6-8-22)14-9-13(20(2)3)17-11-18-14/h9-11H,4-8H2,1-3H3. The molecule has 0 saturated carbocycles. The number of anilines is 3. The lowest BCUT2D eigenvalue weighted by molar-refractivity contribution is 0.0520. The summed E-state index contributed by atoms with van der Waals surface area (Å²) in [5, 5.41) is 2.62. The highest BCUT2D eigenvalue weighted by Gasteiger charge is 2.22. The summed E-state index contributed by atoms with van der Waals surface area (Å²) >= 11 is 1.48. The van der Waals surface area contributed by atoms with Crippen LogP contribution >= 0.6 is 11.3 Å². The third-order valence-corrected chi connectivity index (χ3v) is 4.85. The van der Waals surface area contributed by atoms with Crippen LogP contribution in [0.25, 0.3) is 0 Å². The van der Waals surface area contributed by atoms with Crippen molar-refractivity contribution in [2.75, 3.05) is 61.6 Å². The van der Waals surface area contributed by atoms with Crippen LogP contribution in [0.3, 0.4) is 0 Å². The quantitative estimate of drug-likeness (QED) is 0.741. The highest BCUT2D eigenvalue weighted by atomic mass is 32.1. The minimum atomic E-state index is -0.360. The van der Waals surface area contributed by atoms with Crippen molar-refractivity contribution in [2.45, 2.75) is 6.92 Å². The summed E-state index contributed by atoms with van der Waals surface area (Å²) in [4.78, 5) is 31.2. The van der Waals surface area contributed by atoms with E-state index in [1.165, 1.54) is 11.3 Å². The van der Waals surface area contributed by atoms with Gasteiger partial charge in [-0.15, -0.1) is 11.3 Å². The molecule has 0 N–H and O–H groups in total. The van der Waals surface area contributed by atoms with Gasteiger partial charge < -0.3 is 19.4 Å². The number of esters is 1. The van der Waals surface area contributed by atoms with E-state index in [0.717, 1.165) is 42.9 Å². The van der Waals surface area contributed by atoms with Crippen molar-refractivity contribution >= 4 is 34.1 Å². The number of rotatable bonds is 5. The van der Waals surface area contributed by atoms with Gasteiger partial charge in [-0.25, -0.2) is 19.7 Å². The minimum absolute atomic E-state index is 0.359. The van der Waals surface area contributed by atoms with Gasteiger partial charge in [0.15, 0.2) is 10.8 Å². The molecule has 0 bridgehead atoms. The van der Waals surface area contributed by atoms with Gasteiger partial charge in [-0.3, -0.25) is 0 Å². The third-order valence-electron chi connectivity index (χ3n) is 3.95. The average Bonchev–Trinajstić information content (AvgIpc) is 3.12. The summed E-state index contributed by atoms with van der Waals surface area (Å²) < 4.78 is 4.99. The average molecular weight is 362 g/mol. The lowest BCUT2D eigenvalue weighted by Crippen LogP contribution is -2.46. The second-order valence-corrected chi connectivity index (χ2v) is 6.68. The molecule has 9 heteroatoms. The van der Waals surface area contributed by atoms with Crippen molar-refractivity contribution in [1.29, 1.82) is 0 Å². The molecule has 1 saturated heterocycles. The zero-order valence-corrected chi connectivity index (χ0v) is 15.5. The molecule has 1 fully saturated rings. The van der Waals surface area contributed by atoms with Crippen LogP contribution in [0.2, 0.25) is 0 Å². The molecule has 8 nitrogen and oxygen atoms in total. The fraction of sp³-hybridized carbons (Fsp3) is 0.500. The van der Waals surface area contributed by atoms with Crippen LogP contribution in [0.4, 0.5) is 16.8 Å². The Labute approximate surface area is 151 Å². The van der Waals surface area contributed by atoms with E-state index >= 15 is 0 Å². The van der Waals surface area contributed by atoms with Crippen molar-refractivity contribution in [3.05, 3.63) is 23.5 Å². The van der Waals surface area contributed by atoms with Gasteiger partial charge in [0.2, 0.25) is 0 Å². The molecule has 0 radical (unpaired) electrons. The molecule has 1 aliphatic rings. The number of hydrogen-bond acceptors (Lipinski definition) is 9. The summed E-state index contributed by atoms with van der Waals surface area (Å²) in [5.41, 5.74) is 0.385. The van der Waals surface area contributed by atoms with Gasteiger partial charge in [-0.1, -0.05) is 0 Å². The maximum Gasteiger partial charge on any atom is 0.357 e. The molecule has 1 aliphatic heterocycles. The number of ether oxygens (including phenoxy) is 1. The second kappa shape index (κ2) is 7.64. The van der Waals surface area contributed by atoms with Gasteiger partial charge in [0.05, 0.1) is 6.61 Å². The Kier molecular flexibility index (Phi) is 5.32. The number of carbonyl (C=O) groups excluding carboxylic acids is 1. The van der Waals surface area contributed by atoms with E-state index in [1.54, 1.807) is 18.6 Å². The number of carbonyl (C=O) groups is 1. The molecule has 0 aromatic carbocycles. The first-order valence-corrected chi connectivity index (χ1v) is 9.08. The predicted molar refractivity (Wildman–Crippen MR) is 98.9 cm³/mol. The van der Waals surface area contributed by atoms with Crippen LogP contribution in [-0.2, 0) is 4.74 Å². The Morgan fingerprint density at radius 1 is 1.24 bits per heavy atom. The normalized spacial score (nSPS) is 14.5. The van der Waals surface area contributed by atoms with E-state index in [-0.39, 0.29) is 5.97 Å². The lowest BCUT2D eigenvalue weighted by Gasteiger charge is -2.35. The molecule has 134 valence electrons. The van der Waals surface area contributed by atoms with Crippen molar-refractivity contribution in [3.8, 4) is 0 Å². The molecule has 2 aromatic rings. The molecular weight excluding hydrogens is 340 g/mol. The highest BCUT2D eigenvalue weighted by Crippen LogP contribution is 2.24. The number of nitrogens with zero attached hydrogens (tertiary/aromatic N) is 6. The fourth-order valence-corrected chi connectivity index (χ4v) is 3.44. The molecule has 3 rings (SSSR count). The van der Waals surface area contributed by atoms with Crippen molar-refractivity contribution in [2.24, 2.45) is 0 Å². The van der Waals surface area contributed by atoms with Crippen LogP contribution in [0, 0.1) is 0 Å². The predicted octanol–water partition coefficient (Wildman–Crippen LogP) is 1.50.